The van der Waals surface area contributed by atoms with Crippen LogP contribution in [0.2, 0.25) is 0 Å². The van der Waals surface area contributed by atoms with Gasteiger partial charge in [-0.05, 0) is 24.5 Å². The largest absolute Gasteiger partial charge is 0.361 e. The van der Waals surface area contributed by atoms with Crippen molar-refractivity contribution in [3.63, 3.8) is 0 Å². The highest BCUT2D eigenvalue weighted by atomic mass is 16.2. The molecule has 31 heavy (non-hydrogen) atoms. The minimum absolute atomic E-state index is 0.0755. The van der Waals surface area contributed by atoms with Crippen LogP contribution in [-0.4, -0.2) is 52.8 Å². The molecule has 0 radical (unpaired) electrons. The molecule has 0 atom stereocenters. The first-order chi connectivity index (χ1) is 15.2. The van der Waals surface area contributed by atoms with Gasteiger partial charge in [0.2, 0.25) is 11.8 Å². The Morgan fingerprint density at radius 3 is 2.42 bits per heavy atom. The van der Waals surface area contributed by atoms with Gasteiger partial charge in [0.25, 0.3) is 0 Å². The molecule has 1 aliphatic heterocycles. The molecule has 1 saturated heterocycles. The number of amides is 2. The van der Waals surface area contributed by atoms with Gasteiger partial charge < -0.3 is 14.8 Å². The van der Waals surface area contributed by atoms with Gasteiger partial charge in [0.05, 0.1) is 6.54 Å². The number of hydrogen-bond donors (Lipinski definition) is 1. The normalized spacial score (nSPS) is 14.5. The maximum absolute atomic E-state index is 12.6. The molecule has 5 nitrogen and oxygen atoms in total. The molecule has 3 rings (SSSR count). The smallest absolute Gasteiger partial charge is 0.242 e. The molecule has 2 aromatic rings. The van der Waals surface area contributed by atoms with E-state index in [2.05, 4.69) is 24.0 Å². The topological polar surface area (TPSA) is 56.4 Å². The maximum Gasteiger partial charge on any atom is 0.242 e. The number of carbonyl (C=O) groups is 2. The molecular weight excluding hydrogens is 386 g/mol. The van der Waals surface area contributed by atoms with E-state index < -0.39 is 0 Å². The molecule has 0 aliphatic carbocycles. The first kappa shape index (κ1) is 23.4. The van der Waals surface area contributed by atoms with Crippen LogP contribution in [0.3, 0.4) is 0 Å². The van der Waals surface area contributed by atoms with Gasteiger partial charge in [-0.15, -0.1) is 0 Å². The van der Waals surface area contributed by atoms with Gasteiger partial charge in [0.15, 0.2) is 0 Å². The van der Waals surface area contributed by atoms with Crippen molar-refractivity contribution in [3.8, 4) is 0 Å². The molecule has 0 bridgehead atoms. The minimum Gasteiger partial charge on any atom is -0.361 e. The fourth-order valence-electron chi connectivity index (χ4n) is 4.50. The Kier molecular flexibility index (Phi) is 9.44. The van der Waals surface area contributed by atoms with E-state index in [1.807, 2.05) is 23.2 Å². The van der Waals surface area contributed by atoms with Gasteiger partial charge in [0, 0.05) is 43.2 Å². The van der Waals surface area contributed by atoms with Gasteiger partial charge >= 0.3 is 0 Å². The van der Waals surface area contributed by atoms with Crippen molar-refractivity contribution in [2.24, 2.45) is 0 Å². The molecule has 1 aromatic heterocycles. The number of H-pyrrole nitrogens is 1. The van der Waals surface area contributed by atoms with Crippen molar-refractivity contribution in [2.75, 3.05) is 26.2 Å². The number of aromatic nitrogens is 1. The second kappa shape index (κ2) is 12.5. The average molecular weight is 426 g/mol. The number of aromatic amines is 1. The predicted molar refractivity (Wildman–Crippen MR) is 127 cm³/mol. The van der Waals surface area contributed by atoms with Gasteiger partial charge in [-0.1, -0.05) is 76.5 Å². The molecule has 1 aromatic carbocycles. The summed E-state index contributed by atoms with van der Waals surface area (Å²) in [5.41, 5.74) is 2.38. The van der Waals surface area contributed by atoms with Crippen molar-refractivity contribution >= 4 is 22.7 Å². The summed E-state index contributed by atoms with van der Waals surface area (Å²) in [6.45, 7) is 4.50. The van der Waals surface area contributed by atoms with Crippen LogP contribution < -0.4 is 0 Å². The molecule has 5 heteroatoms. The van der Waals surface area contributed by atoms with Crippen LogP contribution in [-0.2, 0) is 16.0 Å². The summed E-state index contributed by atoms with van der Waals surface area (Å²) in [6, 6.07) is 8.26. The maximum atomic E-state index is 12.6. The van der Waals surface area contributed by atoms with Gasteiger partial charge in [-0.3, -0.25) is 9.59 Å². The van der Waals surface area contributed by atoms with Crippen molar-refractivity contribution in [3.05, 3.63) is 36.0 Å². The molecule has 0 unspecified atom stereocenters. The van der Waals surface area contributed by atoms with Crippen LogP contribution in [0, 0.1) is 0 Å². The van der Waals surface area contributed by atoms with Crippen LogP contribution in [0.4, 0.5) is 0 Å². The number of hydrogen-bond acceptors (Lipinski definition) is 2. The Balaban J connectivity index is 1.30. The molecule has 2 amide bonds. The Morgan fingerprint density at radius 1 is 0.968 bits per heavy atom. The molecule has 170 valence electrons. The van der Waals surface area contributed by atoms with Gasteiger partial charge in [-0.25, -0.2) is 0 Å². The van der Waals surface area contributed by atoms with E-state index in [9.17, 15) is 9.59 Å². The summed E-state index contributed by atoms with van der Waals surface area (Å²) in [4.78, 5) is 32.0. The zero-order valence-corrected chi connectivity index (χ0v) is 19.2. The summed E-state index contributed by atoms with van der Waals surface area (Å²) >= 11 is 0. The number of unbranched alkanes of at least 4 members (excludes halogenated alkanes) is 8. The summed E-state index contributed by atoms with van der Waals surface area (Å²) < 4.78 is 0. The zero-order valence-electron chi connectivity index (χ0n) is 19.2. The molecule has 1 fully saturated rings. The van der Waals surface area contributed by atoms with E-state index in [0.717, 1.165) is 24.8 Å². The number of para-hydroxylation sites is 1. The van der Waals surface area contributed by atoms with Crippen LogP contribution in [0.15, 0.2) is 30.5 Å². The third-order valence-electron chi connectivity index (χ3n) is 6.49. The van der Waals surface area contributed by atoms with Crippen LogP contribution >= 0.6 is 0 Å². The molecule has 0 saturated carbocycles. The molecule has 0 spiro atoms. The minimum atomic E-state index is 0.0755. The van der Waals surface area contributed by atoms with Crippen LogP contribution in [0.25, 0.3) is 10.9 Å². The zero-order chi connectivity index (χ0) is 21.9. The number of nitrogens with one attached hydrogen (secondary N) is 1. The highest BCUT2D eigenvalue weighted by molar-refractivity contribution is 5.86. The third kappa shape index (κ3) is 7.12. The summed E-state index contributed by atoms with van der Waals surface area (Å²) in [7, 11) is 0. The average Bonchev–Trinajstić information content (AvgIpc) is 3.20. The number of rotatable bonds is 13. The molecule has 1 aliphatic rings. The lowest BCUT2D eigenvalue weighted by atomic mass is 10.1. The number of piperazine rings is 1. The number of benzene rings is 1. The fraction of sp³-hybridized carbons (Fsp3) is 0.615. The van der Waals surface area contributed by atoms with Crippen molar-refractivity contribution in [2.45, 2.75) is 77.6 Å². The molecule has 2 heterocycles. The van der Waals surface area contributed by atoms with Crippen LogP contribution in [0.1, 0.15) is 76.7 Å². The van der Waals surface area contributed by atoms with E-state index in [4.69, 9.17) is 0 Å². The lowest BCUT2D eigenvalue weighted by molar-refractivity contribution is -0.145. The van der Waals surface area contributed by atoms with E-state index in [-0.39, 0.29) is 18.4 Å². The first-order valence-corrected chi connectivity index (χ1v) is 12.3. The summed E-state index contributed by atoms with van der Waals surface area (Å²) in [5.74, 6) is 0.221. The fourth-order valence-corrected chi connectivity index (χ4v) is 4.50. The number of fused-ring (bicyclic) bond motifs is 1. The van der Waals surface area contributed by atoms with Gasteiger partial charge in [0.1, 0.15) is 0 Å². The number of carbonyl (C=O) groups excluding carboxylic acids is 2. The Morgan fingerprint density at radius 2 is 1.68 bits per heavy atom. The lowest BCUT2D eigenvalue weighted by Gasteiger charge is -2.34. The summed E-state index contributed by atoms with van der Waals surface area (Å²) in [6.07, 6.45) is 14.7. The van der Waals surface area contributed by atoms with E-state index in [1.165, 1.54) is 55.9 Å². The van der Waals surface area contributed by atoms with Crippen LogP contribution in [0.5, 0.6) is 0 Å². The van der Waals surface area contributed by atoms with Crippen molar-refractivity contribution < 1.29 is 9.59 Å². The lowest BCUT2D eigenvalue weighted by Crippen LogP contribution is -2.52. The third-order valence-corrected chi connectivity index (χ3v) is 6.49. The van der Waals surface area contributed by atoms with Crippen molar-refractivity contribution in [1.29, 1.82) is 0 Å². The highest BCUT2D eigenvalue weighted by Gasteiger charge is 2.26. The second-order valence-electron chi connectivity index (χ2n) is 8.88. The Labute approximate surface area is 187 Å². The quantitative estimate of drug-likeness (QED) is 0.443. The Bertz CT molecular complexity index is 829. The second-order valence-corrected chi connectivity index (χ2v) is 8.88. The SMILES string of the molecule is CCCCCCCCCCCC(=O)N1CCN(CCc2c[nH]c3ccccc23)C(=O)C1. The molecule has 1 N–H and O–H groups in total. The van der Waals surface area contributed by atoms with E-state index in [1.54, 1.807) is 4.90 Å². The van der Waals surface area contributed by atoms with E-state index in [0.29, 0.717) is 26.1 Å². The van der Waals surface area contributed by atoms with Gasteiger partial charge in [-0.2, -0.15) is 0 Å². The Hall–Kier alpha value is -2.30. The monoisotopic (exact) mass is 425 g/mol. The first-order valence-electron chi connectivity index (χ1n) is 12.3. The standard InChI is InChI=1S/C26H39N3O2/c1-2-3-4-5-6-7-8-9-10-15-25(30)29-19-18-28(26(31)21-29)17-16-22-20-27-24-14-12-11-13-23(22)24/h11-14,20,27H,2-10,15-19,21H2,1H3. The summed E-state index contributed by atoms with van der Waals surface area (Å²) in [5, 5.41) is 1.23. The van der Waals surface area contributed by atoms with E-state index >= 15 is 0 Å². The number of nitrogens with zero attached hydrogens (tertiary/aromatic N) is 2. The predicted octanol–water partition coefficient (Wildman–Crippen LogP) is 5.30. The highest BCUT2D eigenvalue weighted by Crippen LogP contribution is 2.19. The molecular formula is C26H39N3O2. The van der Waals surface area contributed by atoms with Crippen molar-refractivity contribution in [1.82, 2.24) is 14.8 Å².